The molecule has 0 radical (unpaired) electrons. The van der Waals surface area contributed by atoms with Crippen LogP contribution in [0.15, 0.2) is 20.7 Å². The zero-order valence-electron chi connectivity index (χ0n) is 5.80. The predicted octanol–water partition coefficient (Wildman–Crippen LogP) is 4.20. The average molecular weight is 232 g/mol. The van der Waals surface area contributed by atoms with Gasteiger partial charge in [0.25, 0.3) is 0 Å². The van der Waals surface area contributed by atoms with Crippen molar-refractivity contribution in [1.82, 2.24) is 0 Å². The van der Waals surface area contributed by atoms with Gasteiger partial charge in [0.15, 0.2) is 0 Å². The molecule has 0 spiro atoms. The van der Waals surface area contributed by atoms with Gasteiger partial charge in [0.2, 0.25) is 0 Å². The maximum absolute atomic E-state index is 5.86. The molecular formula is C7H6Cl4. The Balaban J connectivity index is 3.07. The Labute approximate surface area is 85.8 Å². The molecule has 0 N–H and O–H groups in total. The van der Waals surface area contributed by atoms with Crippen LogP contribution in [0.1, 0.15) is 13.3 Å². The molecule has 0 bridgehead atoms. The molecular weight excluding hydrogens is 226 g/mol. The summed E-state index contributed by atoms with van der Waals surface area (Å²) >= 11 is 23.2. The molecule has 0 amide bonds. The zero-order valence-corrected chi connectivity index (χ0v) is 8.82. The molecule has 0 saturated carbocycles. The van der Waals surface area contributed by atoms with E-state index in [1.807, 2.05) is 6.92 Å². The zero-order chi connectivity index (χ0) is 8.59. The van der Waals surface area contributed by atoms with Gasteiger partial charge < -0.3 is 0 Å². The lowest BCUT2D eigenvalue weighted by molar-refractivity contribution is 0.944. The van der Waals surface area contributed by atoms with Gasteiger partial charge in [-0.15, -0.1) is 11.6 Å². The number of alkyl halides is 1. The first-order chi connectivity index (χ1) is 5.04. The van der Waals surface area contributed by atoms with Gasteiger partial charge in [0.05, 0.1) is 20.5 Å². The molecule has 0 aromatic rings. The Kier molecular flexibility index (Phi) is 3.16. The second-order valence-electron chi connectivity index (χ2n) is 2.43. The standard InChI is InChI=1S/C7H6Cl4/c1-3-2-4(8)6(10)7(11)5(3)9/h4H,2H2,1H3. The molecule has 1 atom stereocenters. The third-order valence-corrected chi connectivity index (χ3v) is 3.57. The predicted molar refractivity (Wildman–Crippen MR) is 51.5 cm³/mol. The summed E-state index contributed by atoms with van der Waals surface area (Å²) in [5.74, 6) is 0. The van der Waals surface area contributed by atoms with Crippen molar-refractivity contribution in [2.45, 2.75) is 18.7 Å². The van der Waals surface area contributed by atoms with Crippen molar-refractivity contribution in [3.8, 4) is 0 Å². The second-order valence-corrected chi connectivity index (χ2v) is 4.12. The molecule has 1 aliphatic carbocycles. The molecule has 0 saturated heterocycles. The number of halogens is 4. The summed E-state index contributed by atoms with van der Waals surface area (Å²) in [6.45, 7) is 1.89. The Morgan fingerprint density at radius 2 is 1.73 bits per heavy atom. The van der Waals surface area contributed by atoms with Gasteiger partial charge in [-0.3, -0.25) is 0 Å². The number of hydrogen-bond acceptors (Lipinski definition) is 0. The van der Waals surface area contributed by atoms with E-state index in [0.29, 0.717) is 21.5 Å². The average Bonchev–Trinajstić information content (AvgIpc) is 1.97. The lowest BCUT2D eigenvalue weighted by Crippen LogP contribution is -2.07. The quantitative estimate of drug-likeness (QED) is 0.549. The summed E-state index contributed by atoms with van der Waals surface area (Å²) in [7, 11) is 0. The molecule has 0 aromatic heterocycles. The summed E-state index contributed by atoms with van der Waals surface area (Å²) < 4.78 is 0. The van der Waals surface area contributed by atoms with Crippen molar-refractivity contribution in [2.75, 3.05) is 0 Å². The molecule has 11 heavy (non-hydrogen) atoms. The minimum absolute atomic E-state index is 0.216. The first-order valence-electron chi connectivity index (χ1n) is 3.09. The molecule has 0 aliphatic heterocycles. The summed E-state index contributed by atoms with van der Waals surface area (Å²) in [5, 5.41) is 1.15. The number of hydrogen-bond donors (Lipinski definition) is 0. The molecule has 0 heterocycles. The fourth-order valence-corrected chi connectivity index (χ4v) is 1.97. The molecule has 62 valence electrons. The topological polar surface area (TPSA) is 0 Å². The van der Waals surface area contributed by atoms with Gasteiger partial charge in [-0.25, -0.2) is 0 Å². The van der Waals surface area contributed by atoms with Gasteiger partial charge in [-0.2, -0.15) is 0 Å². The third kappa shape index (κ3) is 1.86. The van der Waals surface area contributed by atoms with Crippen LogP contribution in [0.3, 0.4) is 0 Å². The van der Waals surface area contributed by atoms with E-state index in [2.05, 4.69) is 0 Å². The smallest absolute Gasteiger partial charge is 0.0752 e. The fraction of sp³-hybridized carbons (Fsp3) is 0.429. The largest absolute Gasteiger partial charge is 0.116 e. The first-order valence-corrected chi connectivity index (χ1v) is 4.66. The molecule has 1 aliphatic rings. The lowest BCUT2D eigenvalue weighted by Gasteiger charge is -2.17. The van der Waals surface area contributed by atoms with Crippen LogP contribution >= 0.6 is 46.4 Å². The Morgan fingerprint density at radius 1 is 1.18 bits per heavy atom. The number of allylic oxidation sites excluding steroid dienone is 4. The van der Waals surface area contributed by atoms with Crippen LogP contribution in [0.5, 0.6) is 0 Å². The maximum Gasteiger partial charge on any atom is 0.0752 e. The van der Waals surface area contributed by atoms with Gasteiger partial charge in [-0.1, -0.05) is 40.4 Å². The van der Waals surface area contributed by atoms with E-state index in [-0.39, 0.29) is 5.38 Å². The lowest BCUT2D eigenvalue weighted by atomic mass is 10.1. The van der Waals surface area contributed by atoms with Crippen molar-refractivity contribution in [3.05, 3.63) is 20.7 Å². The third-order valence-electron chi connectivity index (χ3n) is 1.54. The molecule has 4 heteroatoms. The molecule has 1 rings (SSSR count). The highest BCUT2D eigenvalue weighted by Crippen LogP contribution is 2.39. The van der Waals surface area contributed by atoms with Crippen LogP contribution in [0, 0.1) is 0 Å². The van der Waals surface area contributed by atoms with E-state index in [4.69, 9.17) is 46.4 Å². The SMILES string of the molecule is CC1=C(Cl)C(Cl)=C(Cl)C(Cl)C1. The van der Waals surface area contributed by atoms with Crippen LogP contribution in [0.4, 0.5) is 0 Å². The molecule has 0 nitrogen and oxygen atoms in total. The van der Waals surface area contributed by atoms with E-state index in [1.165, 1.54) is 0 Å². The second kappa shape index (κ2) is 3.57. The monoisotopic (exact) mass is 230 g/mol. The normalized spacial score (nSPS) is 26.5. The van der Waals surface area contributed by atoms with Gasteiger partial charge in [0, 0.05) is 0 Å². The van der Waals surface area contributed by atoms with Crippen LogP contribution in [0.25, 0.3) is 0 Å². The maximum atomic E-state index is 5.86. The van der Waals surface area contributed by atoms with Crippen molar-refractivity contribution in [3.63, 3.8) is 0 Å². The van der Waals surface area contributed by atoms with Crippen LogP contribution < -0.4 is 0 Å². The Morgan fingerprint density at radius 3 is 2.27 bits per heavy atom. The van der Waals surface area contributed by atoms with E-state index in [9.17, 15) is 0 Å². The molecule has 0 aromatic carbocycles. The Hall–Kier alpha value is 0.640. The summed E-state index contributed by atoms with van der Waals surface area (Å²) in [5.41, 5.74) is 0.987. The van der Waals surface area contributed by atoms with Crippen molar-refractivity contribution in [2.24, 2.45) is 0 Å². The highest BCUT2D eigenvalue weighted by Gasteiger charge is 2.22. The summed E-state index contributed by atoms with van der Waals surface area (Å²) in [6, 6.07) is 0. The van der Waals surface area contributed by atoms with E-state index >= 15 is 0 Å². The van der Waals surface area contributed by atoms with Crippen molar-refractivity contribution < 1.29 is 0 Å². The molecule has 1 unspecified atom stereocenters. The first kappa shape index (κ1) is 9.73. The van der Waals surface area contributed by atoms with Crippen LogP contribution in [-0.2, 0) is 0 Å². The van der Waals surface area contributed by atoms with Crippen molar-refractivity contribution in [1.29, 1.82) is 0 Å². The highest BCUT2D eigenvalue weighted by atomic mass is 35.5. The fourth-order valence-electron chi connectivity index (χ4n) is 0.878. The van der Waals surface area contributed by atoms with Gasteiger partial charge in [-0.05, 0) is 13.3 Å². The minimum atomic E-state index is -0.216. The summed E-state index contributed by atoms with van der Waals surface area (Å²) in [4.78, 5) is 0. The van der Waals surface area contributed by atoms with Crippen LogP contribution in [0.2, 0.25) is 0 Å². The van der Waals surface area contributed by atoms with Gasteiger partial charge >= 0.3 is 0 Å². The van der Waals surface area contributed by atoms with E-state index in [0.717, 1.165) is 5.57 Å². The van der Waals surface area contributed by atoms with E-state index < -0.39 is 0 Å². The molecule has 0 fully saturated rings. The van der Waals surface area contributed by atoms with Crippen LogP contribution in [-0.4, -0.2) is 5.38 Å². The highest BCUT2D eigenvalue weighted by molar-refractivity contribution is 6.50. The number of rotatable bonds is 0. The summed E-state index contributed by atoms with van der Waals surface area (Å²) in [6.07, 6.45) is 0.676. The van der Waals surface area contributed by atoms with Gasteiger partial charge in [0.1, 0.15) is 0 Å². The van der Waals surface area contributed by atoms with E-state index in [1.54, 1.807) is 0 Å². The van der Waals surface area contributed by atoms with Crippen molar-refractivity contribution >= 4 is 46.4 Å². The Bertz CT molecular complexity index is 239. The minimum Gasteiger partial charge on any atom is -0.116 e.